The molecule has 1 aromatic carbocycles. The van der Waals surface area contributed by atoms with Crippen LogP contribution in [0.4, 0.5) is 0 Å². The predicted octanol–water partition coefficient (Wildman–Crippen LogP) is 4.20. The van der Waals surface area contributed by atoms with Gasteiger partial charge in [-0.15, -0.1) is 0 Å². The van der Waals surface area contributed by atoms with Crippen LogP contribution in [0.2, 0.25) is 0 Å². The molecule has 160 valence electrons. The van der Waals surface area contributed by atoms with Gasteiger partial charge < -0.3 is 9.47 Å². The van der Waals surface area contributed by atoms with Gasteiger partial charge in [0.1, 0.15) is 11.2 Å². The number of rotatable bonds is 4. The van der Waals surface area contributed by atoms with Crippen molar-refractivity contribution < 1.29 is 27.5 Å². The molecule has 0 amide bonds. The van der Waals surface area contributed by atoms with Crippen LogP contribution in [-0.2, 0) is 28.9 Å². The molecule has 7 heteroatoms. The number of ether oxygens (including phenoxy) is 2. The minimum Gasteiger partial charge on any atom is -0.459 e. The van der Waals surface area contributed by atoms with Crippen molar-refractivity contribution >= 4 is 21.8 Å². The van der Waals surface area contributed by atoms with Crippen molar-refractivity contribution in [2.24, 2.45) is 5.41 Å². The van der Waals surface area contributed by atoms with Crippen molar-refractivity contribution in [1.82, 2.24) is 0 Å². The van der Waals surface area contributed by atoms with Crippen LogP contribution in [0.5, 0.6) is 0 Å². The number of carbonyl (C=O) groups is 2. The van der Waals surface area contributed by atoms with E-state index in [1.165, 1.54) is 19.1 Å². The van der Waals surface area contributed by atoms with Crippen LogP contribution >= 0.6 is 0 Å². The third-order valence-corrected chi connectivity index (χ3v) is 6.71. The molecule has 1 aliphatic carbocycles. The monoisotopic (exact) mass is 422 g/mol. The highest BCUT2D eigenvalue weighted by Gasteiger charge is 2.57. The first-order valence-corrected chi connectivity index (χ1v) is 11.1. The molecule has 0 heterocycles. The lowest BCUT2D eigenvalue weighted by molar-refractivity contribution is -0.181. The molecule has 0 saturated carbocycles. The molecule has 0 unspecified atom stereocenters. The van der Waals surface area contributed by atoms with Crippen LogP contribution in [0, 0.1) is 5.41 Å². The van der Waals surface area contributed by atoms with E-state index in [9.17, 15) is 18.0 Å². The van der Waals surface area contributed by atoms with Crippen molar-refractivity contribution in [3.05, 3.63) is 40.8 Å². The summed E-state index contributed by atoms with van der Waals surface area (Å²) < 4.78 is 37.4. The molecule has 0 fully saturated rings. The average molecular weight is 423 g/mol. The highest BCUT2D eigenvalue weighted by atomic mass is 32.2. The molecule has 0 aromatic heterocycles. The second-order valence-electron chi connectivity index (χ2n) is 9.27. The zero-order chi connectivity index (χ0) is 22.3. The zero-order valence-corrected chi connectivity index (χ0v) is 19.0. The SMILES string of the molecule is CC1=C(S(=O)(=O)c2ccccc2)CCC1(C(=O)OC(C)(C)C)C(=O)OC(C)(C)C. The lowest BCUT2D eigenvalue weighted by Gasteiger charge is -2.33. The van der Waals surface area contributed by atoms with Crippen molar-refractivity contribution in [2.45, 2.75) is 77.4 Å². The lowest BCUT2D eigenvalue weighted by Crippen LogP contribution is -2.46. The van der Waals surface area contributed by atoms with Gasteiger partial charge in [0.2, 0.25) is 9.84 Å². The molecular formula is C22H30O6S. The van der Waals surface area contributed by atoms with E-state index in [1.54, 1.807) is 59.7 Å². The van der Waals surface area contributed by atoms with E-state index in [0.29, 0.717) is 0 Å². The fourth-order valence-electron chi connectivity index (χ4n) is 3.32. The maximum atomic E-state index is 13.2. The molecule has 2 rings (SSSR count). The Morgan fingerprint density at radius 2 is 1.34 bits per heavy atom. The van der Waals surface area contributed by atoms with E-state index in [0.717, 1.165) is 0 Å². The normalized spacial score (nSPS) is 17.2. The molecule has 0 radical (unpaired) electrons. The second-order valence-corrected chi connectivity index (χ2v) is 11.2. The highest BCUT2D eigenvalue weighted by Crippen LogP contribution is 2.49. The summed E-state index contributed by atoms with van der Waals surface area (Å²) >= 11 is 0. The van der Waals surface area contributed by atoms with Gasteiger partial charge >= 0.3 is 11.9 Å². The number of hydrogen-bond acceptors (Lipinski definition) is 6. The molecular weight excluding hydrogens is 392 g/mol. The molecule has 0 bridgehead atoms. The Morgan fingerprint density at radius 3 is 1.76 bits per heavy atom. The Hall–Kier alpha value is -2.15. The highest BCUT2D eigenvalue weighted by molar-refractivity contribution is 7.95. The molecule has 0 N–H and O–H groups in total. The molecule has 1 aromatic rings. The van der Waals surface area contributed by atoms with Crippen LogP contribution in [-0.4, -0.2) is 31.6 Å². The fourth-order valence-corrected chi connectivity index (χ4v) is 5.06. The first kappa shape index (κ1) is 23.1. The van der Waals surface area contributed by atoms with E-state index in [4.69, 9.17) is 9.47 Å². The summed E-state index contributed by atoms with van der Waals surface area (Å²) in [6, 6.07) is 7.98. The molecule has 29 heavy (non-hydrogen) atoms. The smallest absolute Gasteiger partial charge is 0.328 e. The minimum absolute atomic E-state index is 0.00986. The van der Waals surface area contributed by atoms with Crippen molar-refractivity contribution in [1.29, 1.82) is 0 Å². The number of benzene rings is 1. The van der Waals surface area contributed by atoms with Crippen LogP contribution in [0.3, 0.4) is 0 Å². The molecule has 1 aliphatic rings. The minimum atomic E-state index is -3.85. The van der Waals surface area contributed by atoms with E-state index < -0.39 is 38.4 Å². The van der Waals surface area contributed by atoms with Gasteiger partial charge in [-0.05, 0) is 79.0 Å². The third-order valence-electron chi connectivity index (χ3n) is 4.66. The molecule has 0 saturated heterocycles. The second kappa shape index (κ2) is 7.59. The Morgan fingerprint density at radius 1 is 0.897 bits per heavy atom. The summed E-state index contributed by atoms with van der Waals surface area (Å²) in [5, 5.41) is 0. The van der Waals surface area contributed by atoms with Crippen LogP contribution < -0.4 is 0 Å². The van der Waals surface area contributed by atoms with E-state index in [1.807, 2.05) is 0 Å². The largest absolute Gasteiger partial charge is 0.459 e. The number of allylic oxidation sites excluding steroid dienone is 1. The van der Waals surface area contributed by atoms with Gasteiger partial charge in [-0.2, -0.15) is 0 Å². The standard InChI is InChI=1S/C22H30O6S/c1-15-17(29(25,26)16-11-9-8-10-12-16)13-14-22(15,18(23)27-20(2,3)4)19(24)28-21(5,6)7/h8-12H,13-14H2,1-7H3. The fraction of sp³-hybridized carbons (Fsp3) is 0.545. The molecule has 0 aliphatic heterocycles. The van der Waals surface area contributed by atoms with Gasteiger partial charge in [-0.3, -0.25) is 9.59 Å². The third kappa shape index (κ3) is 4.71. The lowest BCUT2D eigenvalue weighted by atomic mass is 9.81. The number of carbonyl (C=O) groups excluding carboxylic acids is 2. The van der Waals surface area contributed by atoms with Crippen LogP contribution in [0.25, 0.3) is 0 Å². The quantitative estimate of drug-likeness (QED) is 0.534. The van der Waals surface area contributed by atoms with Gasteiger partial charge in [0.05, 0.1) is 4.90 Å². The van der Waals surface area contributed by atoms with Gasteiger partial charge in [-0.25, -0.2) is 8.42 Å². The summed E-state index contributed by atoms with van der Waals surface area (Å²) in [5.41, 5.74) is -3.29. The Kier molecular flexibility index (Phi) is 6.06. The van der Waals surface area contributed by atoms with Gasteiger partial charge in [0.15, 0.2) is 5.41 Å². The summed E-state index contributed by atoms with van der Waals surface area (Å²) in [6.07, 6.45) is 0.0472. The maximum Gasteiger partial charge on any atom is 0.328 e. The van der Waals surface area contributed by atoms with Crippen molar-refractivity contribution in [2.75, 3.05) is 0 Å². The molecule has 0 spiro atoms. The molecule has 0 atom stereocenters. The summed E-state index contributed by atoms with van der Waals surface area (Å²) in [5.74, 6) is -1.56. The van der Waals surface area contributed by atoms with E-state index in [2.05, 4.69) is 0 Å². The van der Waals surface area contributed by atoms with E-state index in [-0.39, 0.29) is 28.2 Å². The topological polar surface area (TPSA) is 86.7 Å². The number of esters is 2. The van der Waals surface area contributed by atoms with E-state index >= 15 is 0 Å². The average Bonchev–Trinajstić information content (AvgIpc) is 2.91. The first-order chi connectivity index (χ1) is 13.1. The van der Waals surface area contributed by atoms with Crippen LogP contribution in [0.15, 0.2) is 45.7 Å². The zero-order valence-electron chi connectivity index (χ0n) is 18.2. The number of hydrogen-bond donors (Lipinski definition) is 0. The summed E-state index contributed by atoms with van der Waals surface area (Å²) in [4.78, 5) is 26.5. The summed E-state index contributed by atoms with van der Waals surface area (Å²) in [7, 11) is -3.85. The van der Waals surface area contributed by atoms with Crippen molar-refractivity contribution in [3.8, 4) is 0 Å². The number of sulfone groups is 1. The maximum absolute atomic E-state index is 13.2. The van der Waals surface area contributed by atoms with Crippen LogP contribution in [0.1, 0.15) is 61.3 Å². The predicted molar refractivity (Wildman–Crippen MR) is 110 cm³/mol. The Bertz CT molecular complexity index is 900. The Balaban J connectivity index is 2.63. The van der Waals surface area contributed by atoms with Gasteiger partial charge in [0.25, 0.3) is 0 Å². The molecule has 6 nitrogen and oxygen atoms in total. The Labute approximate surface area is 173 Å². The summed E-state index contributed by atoms with van der Waals surface area (Å²) in [6.45, 7) is 11.7. The first-order valence-electron chi connectivity index (χ1n) is 9.58. The van der Waals surface area contributed by atoms with Gasteiger partial charge in [0, 0.05) is 4.91 Å². The van der Waals surface area contributed by atoms with Gasteiger partial charge in [-0.1, -0.05) is 18.2 Å². The van der Waals surface area contributed by atoms with Crippen molar-refractivity contribution in [3.63, 3.8) is 0 Å².